The number of fused-ring (bicyclic) bond motifs is 1. The smallest absolute Gasteiger partial charge is 0.335 e. The molecule has 0 spiro atoms. The van der Waals surface area contributed by atoms with Gasteiger partial charge in [-0.3, -0.25) is 19.1 Å². The molecule has 2 amide bonds. The highest BCUT2D eigenvalue weighted by molar-refractivity contribution is 6.34. The lowest BCUT2D eigenvalue weighted by molar-refractivity contribution is 0.0696. The van der Waals surface area contributed by atoms with Gasteiger partial charge >= 0.3 is 5.97 Å². The highest BCUT2D eigenvalue weighted by Gasteiger charge is 2.40. The number of hydrogen-bond donors (Lipinski definition) is 1. The van der Waals surface area contributed by atoms with Crippen molar-refractivity contribution in [2.24, 2.45) is 7.05 Å². The fourth-order valence-corrected chi connectivity index (χ4v) is 3.39. The average molecular weight is 377 g/mol. The maximum absolute atomic E-state index is 13.1. The first kappa shape index (κ1) is 17.5. The van der Waals surface area contributed by atoms with Crippen molar-refractivity contribution in [3.8, 4) is 5.69 Å². The number of carboxylic acid groups (broad SMARTS) is 1. The Morgan fingerprint density at radius 3 is 2.21 bits per heavy atom. The number of aromatic nitrogens is 2. The highest BCUT2D eigenvalue weighted by atomic mass is 16.4. The molecule has 8 heteroatoms. The van der Waals surface area contributed by atoms with Crippen molar-refractivity contribution in [3.05, 3.63) is 81.3 Å². The zero-order valence-corrected chi connectivity index (χ0v) is 15.0. The molecule has 4 rings (SSSR count). The third-order valence-corrected chi connectivity index (χ3v) is 4.88. The van der Waals surface area contributed by atoms with E-state index in [0.29, 0.717) is 11.4 Å². The first-order chi connectivity index (χ1) is 13.3. The normalized spacial score (nSPS) is 13.1. The van der Waals surface area contributed by atoms with Gasteiger partial charge in [0.05, 0.1) is 28.1 Å². The van der Waals surface area contributed by atoms with Gasteiger partial charge in [0.2, 0.25) is 0 Å². The number of para-hydroxylation sites is 1. The molecule has 28 heavy (non-hydrogen) atoms. The van der Waals surface area contributed by atoms with Gasteiger partial charge in [0.1, 0.15) is 5.69 Å². The second kappa shape index (κ2) is 6.05. The molecule has 0 unspecified atom stereocenters. The topological polar surface area (TPSA) is 102 Å². The van der Waals surface area contributed by atoms with E-state index in [9.17, 15) is 19.2 Å². The van der Waals surface area contributed by atoms with Crippen LogP contribution >= 0.6 is 0 Å². The van der Waals surface area contributed by atoms with Crippen molar-refractivity contribution in [2.75, 3.05) is 4.90 Å². The van der Waals surface area contributed by atoms with Gasteiger partial charge < -0.3 is 5.11 Å². The van der Waals surface area contributed by atoms with Gasteiger partial charge in [-0.1, -0.05) is 18.2 Å². The number of amides is 2. The molecule has 2 aromatic carbocycles. The van der Waals surface area contributed by atoms with Crippen LogP contribution in [0.2, 0.25) is 0 Å². The fourth-order valence-electron chi connectivity index (χ4n) is 3.39. The van der Waals surface area contributed by atoms with Gasteiger partial charge in [0.25, 0.3) is 17.4 Å². The minimum absolute atomic E-state index is 0.0289. The Kier molecular flexibility index (Phi) is 3.78. The van der Waals surface area contributed by atoms with Crippen molar-refractivity contribution in [2.45, 2.75) is 6.92 Å². The number of aromatic carboxylic acids is 1. The summed E-state index contributed by atoms with van der Waals surface area (Å²) in [7, 11) is 1.66. The number of anilines is 1. The number of hydrogen-bond acceptors (Lipinski definition) is 4. The molecule has 0 atom stereocenters. The number of rotatable bonds is 3. The Bertz CT molecular complexity index is 1220. The molecule has 0 saturated heterocycles. The van der Waals surface area contributed by atoms with Crippen LogP contribution in [0.15, 0.2) is 53.3 Å². The van der Waals surface area contributed by atoms with Crippen molar-refractivity contribution in [3.63, 3.8) is 0 Å². The van der Waals surface area contributed by atoms with E-state index in [0.717, 1.165) is 11.0 Å². The maximum atomic E-state index is 13.1. The fraction of sp³-hybridized carbons (Fsp3) is 0.100. The molecule has 1 aliphatic rings. The van der Waals surface area contributed by atoms with E-state index in [4.69, 9.17) is 5.11 Å². The molecule has 3 aromatic rings. The molecule has 140 valence electrons. The molecule has 0 radical (unpaired) electrons. The first-order valence-corrected chi connectivity index (χ1v) is 8.43. The van der Waals surface area contributed by atoms with Crippen molar-refractivity contribution < 1.29 is 19.5 Å². The summed E-state index contributed by atoms with van der Waals surface area (Å²) in [6, 6.07) is 12.6. The van der Waals surface area contributed by atoms with Crippen molar-refractivity contribution in [1.29, 1.82) is 0 Å². The van der Waals surface area contributed by atoms with Gasteiger partial charge in [-0.2, -0.15) is 0 Å². The second-order valence-corrected chi connectivity index (χ2v) is 6.42. The van der Waals surface area contributed by atoms with Crippen LogP contribution in [0, 0.1) is 6.92 Å². The van der Waals surface area contributed by atoms with Crippen LogP contribution in [-0.4, -0.2) is 32.3 Å². The van der Waals surface area contributed by atoms with Crippen LogP contribution in [0.5, 0.6) is 0 Å². The van der Waals surface area contributed by atoms with Gasteiger partial charge in [-0.25, -0.2) is 14.4 Å². The van der Waals surface area contributed by atoms with Crippen LogP contribution in [0.4, 0.5) is 5.69 Å². The summed E-state index contributed by atoms with van der Waals surface area (Å²) in [5.74, 6) is -2.57. The molecule has 1 aromatic heterocycles. The molecule has 0 fully saturated rings. The number of nitrogens with zero attached hydrogens (tertiary/aromatic N) is 3. The zero-order chi connectivity index (χ0) is 20.2. The Morgan fingerprint density at radius 1 is 0.929 bits per heavy atom. The Balaban J connectivity index is 1.89. The number of carbonyl (C=O) groups excluding carboxylic acids is 2. The van der Waals surface area contributed by atoms with Crippen LogP contribution in [0.1, 0.15) is 36.8 Å². The second-order valence-electron chi connectivity index (χ2n) is 6.42. The number of benzene rings is 2. The predicted molar refractivity (Wildman–Crippen MR) is 100 cm³/mol. The summed E-state index contributed by atoms with van der Waals surface area (Å²) in [5, 5.41) is 9.14. The molecular formula is C20H15N3O5. The number of carboxylic acids is 1. The first-order valence-electron chi connectivity index (χ1n) is 8.43. The summed E-state index contributed by atoms with van der Waals surface area (Å²) < 4.78 is 2.94. The third-order valence-electron chi connectivity index (χ3n) is 4.88. The van der Waals surface area contributed by atoms with Gasteiger partial charge in [0, 0.05) is 7.05 Å². The van der Waals surface area contributed by atoms with E-state index in [1.54, 1.807) is 42.9 Å². The molecule has 0 saturated carbocycles. The highest BCUT2D eigenvalue weighted by Crippen LogP contribution is 2.30. The van der Waals surface area contributed by atoms with E-state index in [2.05, 4.69) is 0 Å². The molecule has 2 heterocycles. The monoisotopic (exact) mass is 377 g/mol. The van der Waals surface area contributed by atoms with E-state index in [1.807, 2.05) is 6.07 Å². The van der Waals surface area contributed by atoms with Gasteiger partial charge in [-0.05, 0) is 37.3 Å². The number of carbonyl (C=O) groups is 3. The summed E-state index contributed by atoms with van der Waals surface area (Å²) in [6.45, 7) is 1.64. The minimum atomic E-state index is -1.20. The van der Waals surface area contributed by atoms with Crippen LogP contribution < -0.4 is 10.5 Å². The Hall–Kier alpha value is -3.94. The van der Waals surface area contributed by atoms with Crippen LogP contribution in [0.25, 0.3) is 5.69 Å². The Labute approximate surface area is 158 Å². The predicted octanol–water partition coefficient (Wildman–Crippen LogP) is 1.98. The SMILES string of the molecule is Cc1c(N2C(=O)c3ccc(C(=O)O)cc3C2=O)c(=O)n(-c2ccccc2)n1C. The Morgan fingerprint density at radius 2 is 1.57 bits per heavy atom. The lowest BCUT2D eigenvalue weighted by Crippen LogP contribution is -2.34. The molecule has 8 nitrogen and oxygen atoms in total. The van der Waals surface area contributed by atoms with E-state index >= 15 is 0 Å². The van der Waals surface area contributed by atoms with Crippen LogP contribution in [-0.2, 0) is 7.05 Å². The molecule has 1 N–H and O–H groups in total. The van der Waals surface area contributed by atoms with Crippen molar-refractivity contribution >= 4 is 23.5 Å². The lowest BCUT2D eigenvalue weighted by atomic mass is 10.1. The minimum Gasteiger partial charge on any atom is -0.478 e. The van der Waals surface area contributed by atoms with Crippen molar-refractivity contribution in [1.82, 2.24) is 9.36 Å². The maximum Gasteiger partial charge on any atom is 0.335 e. The summed E-state index contributed by atoms with van der Waals surface area (Å²) in [4.78, 5) is 50.9. The van der Waals surface area contributed by atoms with Gasteiger partial charge in [-0.15, -0.1) is 0 Å². The molecule has 0 aliphatic carbocycles. The molecule has 0 bridgehead atoms. The zero-order valence-electron chi connectivity index (χ0n) is 15.0. The third kappa shape index (κ3) is 2.31. The van der Waals surface area contributed by atoms with E-state index < -0.39 is 23.3 Å². The van der Waals surface area contributed by atoms with Gasteiger partial charge in [0.15, 0.2) is 0 Å². The van der Waals surface area contributed by atoms with E-state index in [1.165, 1.54) is 16.8 Å². The summed E-state index contributed by atoms with van der Waals surface area (Å²) in [5.41, 5.74) is 0.403. The standard InChI is InChI=1S/C20H15N3O5/c1-11-16(19(26)23(21(11)2)13-6-4-3-5-7-13)22-17(24)14-9-8-12(20(27)28)10-15(14)18(22)25/h3-10H,1-2H3,(H,27,28). The summed E-state index contributed by atoms with van der Waals surface area (Å²) in [6.07, 6.45) is 0. The quantitative estimate of drug-likeness (QED) is 0.704. The van der Waals surface area contributed by atoms with Crippen LogP contribution in [0.3, 0.4) is 0 Å². The largest absolute Gasteiger partial charge is 0.478 e. The van der Waals surface area contributed by atoms with E-state index in [-0.39, 0.29) is 22.4 Å². The molecule has 1 aliphatic heterocycles. The average Bonchev–Trinajstić information content (AvgIpc) is 3.06. The molecular weight excluding hydrogens is 362 g/mol. The lowest BCUT2D eigenvalue weighted by Gasteiger charge is -2.11. The number of imide groups is 1. The summed E-state index contributed by atoms with van der Waals surface area (Å²) >= 11 is 0.